The number of rotatable bonds is 0. The quantitative estimate of drug-likeness (QED) is 0.418. The van der Waals surface area contributed by atoms with E-state index >= 15 is 0 Å². The molecule has 0 aromatic rings. The number of hydrogen-bond acceptors (Lipinski definition) is 2. The van der Waals surface area contributed by atoms with Gasteiger partial charge < -0.3 is 4.74 Å². The Bertz CT molecular complexity index is 73.5. The van der Waals surface area contributed by atoms with Crippen molar-refractivity contribution in [3.05, 3.63) is 19.1 Å². The smallest absolute Gasteiger partial charge is 0.335 e. The van der Waals surface area contributed by atoms with Gasteiger partial charge in [0.25, 0.3) is 0 Å². The highest BCUT2D eigenvalue weighted by Gasteiger charge is 1.80. The van der Waals surface area contributed by atoms with Crippen molar-refractivity contribution in [2.75, 3.05) is 0 Å². The zero-order chi connectivity index (χ0) is 4.24. The molecular weight excluding hydrogens is 78.0 g/mol. The van der Waals surface area contributed by atoms with Crippen LogP contribution in [0.3, 0.4) is 0 Å². The van der Waals surface area contributed by atoms with Crippen LogP contribution in [-0.4, -0.2) is 6.21 Å². The molecular formula is C4H3NO. The lowest BCUT2D eigenvalue weighted by Gasteiger charge is -1.90. The monoisotopic (exact) mass is 81.0 g/mol. The van der Waals surface area contributed by atoms with Crippen LogP contribution in [0, 0.1) is 6.73 Å². The van der Waals surface area contributed by atoms with E-state index in [1.54, 1.807) is 12.3 Å². The third-order valence-corrected chi connectivity index (χ3v) is 0.413. The first-order chi connectivity index (χ1) is 3.00. The van der Waals surface area contributed by atoms with Crippen LogP contribution < -0.4 is 0 Å². The molecule has 0 unspecified atom stereocenters. The fourth-order valence-corrected chi connectivity index (χ4v) is 0.209. The Kier molecular flexibility index (Phi) is 0.906. The average molecular weight is 81.1 g/mol. The van der Waals surface area contributed by atoms with Crippen LogP contribution in [0.1, 0.15) is 0 Å². The summed E-state index contributed by atoms with van der Waals surface area (Å²) in [5.41, 5.74) is 0. The largest absolute Gasteiger partial charge is 0.462 e. The summed E-state index contributed by atoms with van der Waals surface area (Å²) in [6.07, 6.45) is 4.80. The van der Waals surface area contributed by atoms with Crippen molar-refractivity contribution >= 4 is 6.21 Å². The van der Waals surface area contributed by atoms with Crippen LogP contribution in [0.4, 0.5) is 0 Å². The first-order valence-electron chi connectivity index (χ1n) is 1.59. The van der Waals surface area contributed by atoms with Crippen molar-refractivity contribution in [1.29, 1.82) is 0 Å². The van der Waals surface area contributed by atoms with E-state index in [-0.39, 0.29) is 0 Å². The molecule has 0 aliphatic carbocycles. The second kappa shape index (κ2) is 1.60. The number of aliphatic imine (C=N–C) groups is 1. The second-order valence-corrected chi connectivity index (χ2v) is 0.816. The number of hydrogen-bond donors (Lipinski definition) is 0. The molecule has 1 aliphatic rings. The molecule has 0 spiro atoms. The molecule has 0 aromatic heterocycles. The maximum absolute atomic E-state index is 4.44. The van der Waals surface area contributed by atoms with Gasteiger partial charge in [-0.1, -0.05) is 0 Å². The zero-order valence-electron chi connectivity index (χ0n) is 3.09. The molecule has 0 bridgehead atoms. The Hall–Kier alpha value is -0.790. The molecule has 6 heavy (non-hydrogen) atoms. The summed E-state index contributed by atoms with van der Waals surface area (Å²) >= 11 is 0. The number of allylic oxidation sites excluding steroid dienone is 1. The number of ether oxygens (including phenoxy) is 1. The topological polar surface area (TPSA) is 21.6 Å². The lowest BCUT2D eigenvalue weighted by molar-refractivity contribution is 0.333. The van der Waals surface area contributed by atoms with Gasteiger partial charge in [0.2, 0.25) is 0 Å². The van der Waals surface area contributed by atoms with Gasteiger partial charge in [-0.25, -0.2) is 4.99 Å². The van der Waals surface area contributed by atoms with Gasteiger partial charge in [-0.15, -0.1) is 0 Å². The van der Waals surface area contributed by atoms with E-state index in [9.17, 15) is 0 Å². The fourth-order valence-electron chi connectivity index (χ4n) is 0.209. The van der Waals surface area contributed by atoms with E-state index in [4.69, 9.17) is 0 Å². The summed E-state index contributed by atoms with van der Waals surface area (Å²) in [5.74, 6) is 0. The van der Waals surface area contributed by atoms with Gasteiger partial charge >= 0.3 is 6.73 Å². The molecule has 0 atom stereocenters. The van der Waals surface area contributed by atoms with Gasteiger partial charge in [-0.2, -0.15) is 0 Å². The Labute approximate surface area is 36.1 Å². The molecule has 2 radical (unpaired) electrons. The molecule has 0 aromatic carbocycles. The summed E-state index contributed by atoms with van der Waals surface area (Å²) in [6, 6.07) is 0. The van der Waals surface area contributed by atoms with Gasteiger partial charge in [-0.3, -0.25) is 0 Å². The van der Waals surface area contributed by atoms with Gasteiger partial charge in [0.1, 0.15) is 0 Å². The predicted molar refractivity (Wildman–Crippen MR) is 22.0 cm³/mol. The van der Waals surface area contributed by atoms with E-state index in [0.29, 0.717) is 0 Å². The maximum atomic E-state index is 4.44. The van der Waals surface area contributed by atoms with Crippen LogP contribution in [0.5, 0.6) is 0 Å². The van der Waals surface area contributed by atoms with Crippen molar-refractivity contribution in [3.63, 3.8) is 0 Å². The third kappa shape index (κ3) is 0.578. The first kappa shape index (κ1) is 3.40. The van der Waals surface area contributed by atoms with Crippen molar-refractivity contribution in [2.45, 2.75) is 0 Å². The van der Waals surface area contributed by atoms with E-state index in [2.05, 4.69) is 16.5 Å². The van der Waals surface area contributed by atoms with Crippen LogP contribution in [0.2, 0.25) is 0 Å². The summed E-state index contributed by atoms with van der Waals surface area (Å²) in [6.45, 7) is 2.27. The Balaban J connectivity index is 2.46. The Morgan fingerprint density at radius 3 is 2.83 bits per heavy atom. The summed E-state index contributed by atoms with van der Waals surface area (Å²) in [4.78, 5) is 3.49. The SMILES string of the molecule is [C]1N=CC=CO1. The molecule has 0 saturated heterocycles. The van der Waals surface area contributed by atoms with E-state index in [1.807, 2.05) is 0 Å². The molecule has 30 valence electrons. The summed E-state index contributed by atoms with van der Waals surface area (Å²) in [5, 5.41) is 0. The van der Waals surface area contributed by atoms with Crippen LogP contribution >= 0.6 is 0 Å². The van der Waals surface area contributed by atoms with Gasteiger partial charge in [0, 0.05) is 6.21 Å². The van der Waals surface area contributed by atoms with Gasteiger partial charge in [0.05, 0.1) is 6.26 Å². The molecule has 1 heterocycles. The van der Waals surface area contributed by atoms with Crippen molar-refractivity contribution in [1.82, 2.24) is 0 Å². The first-order valence-corrected chi connectivity index (χ1v) is 1.59. The minimum absolute atomic E-state index is 1.51. The Morgan fingerprint density at radius 1 is 1.67 bits per heavy atom. The van der Waals surface area contributed by atoms with Gasteiger partial charge in [-0.05, 0) is 6.08 Å². The summed E-state index contributed by atoms with van der Waals surface area (Å²) < 4.78 is 4.44. The maximum Gasteiger partial charge on any atom is 0.335 e. The standard InChI is InChI=1S/C4H3NO/c1-2-5-4-6-3-1/h1-3H. The van der Waals surface area contributed by atoms with Crippen LogP contribution in [0.15, 0.2) is 17.3 Å². The highest BCUT2D eigenvalue weighted by molar-refractivity contribution is 5.71. The van der Waals surface area contributed by atoms with E-state index in [1.165, 1.54) is 6.26 Å². The average Bonchev–Trinajstić information content (AvgIpc) is 1.72. The van der Waals surface area contributed by atoms with Crippen molar-refractivity contribution in [2.24, 2.45) is 4.99 Å². The predicted octanol–water partition coefficient (Wildman–Crippen LogP) is 0.597. The highest BCUT2D eigenvalue weighted by Crippen LogP contribution is 1.87. The second-order valence-electron chi connectivity index (χ2n) is 0.816. The lowest BCUT2D eigenvalue weighted by Crippen LogP contribution is -1.79. The lowest BCUT2D eigenvalue weighted by atomic mass is 10.7. The molecule has 1 rings (SSSR count). The number of nitrogens with zero attached hydrogens (tertiary/aromatic N) is 1. The minimum Gasteiger partial charge on any atom is -0.462 e. The zero-order valence-corrected chi connectivity index (χ0v) is 3.09. The molecule has 0 saturated carbocycles. The highest BCUT2D eigenvalue weighted by atomic mass is 16.5. The molecule has 2 heteroatoms. The van der Waals surface area contributed by atoms with Gasteiger partial charge in [0.15, 0.2) is 0 Å². The summed E-state index contributed by atoms with van der Waals surface area (Å²) in [7, 11) is 0. The van der Waals surface area contributed by atoms with Crippen molar-refractivity contribution in [3.8, 4) is 0 Å². The molecule has 2 nitrogen and oxygen atoms in total. The third-order valence-electron chi connectivity index (χ3n) is 0.413. The van der Waals surface area contributed by atoms with E-state index in [0.717, 1.165) is 0 Å². The Morgan fingerprint density at radius 2 is 2.67 bits per heavy atom. The molecule has 0 fully saturated rings. The molecule has 1 aliphatic heterocycles. The van der Waals surface area contributed by atoms with Crippen LogP contribution in [0.25, 0.3) is 0 Å². The van der Waals surface area contributed by atoms with E-state index < -0.39 is 0 Å². The molecule has 0 N–H and O–H groups in total. The van der Waals surface area contributed by atoms with Crippen molar-refractivity contribution < 1.29 is 4.74 Å². The van der Waals surface area contributed by atoms with Crippen LogP contribution in [-0.2, 0) is 4.74 Å². The molecule has 0 amide bonds. The normalized spacial score (nSPS) is 17.3. The minimum atomic E-state index is 1.51. The fraction of sp³-hybridized carbons (Fsp3) is 0.